The Hall–Kier alpha value is -0.430. The summed E-state index contributed by atoms with van der Waals surface area (Å²) in [6.07, 6.45) is 3.92. The summed E-state index contributed by atoms with van der Waals surface area (Å²) in [7, 11) is -1.39. The van der Waals surface area contributed by atoms with Gasteiger partial charge in [-0.3, -0.25) is 0 Å². The van der Waals surface area contributed by atoms with Crippen LogP contribution in [0.15, 0.2) is 16.3 Å². The van der Waals surface area contributed by atoms with Crippen molar-refractivity contribution in [2.24, 2.45) is 5.41 Å². The van der Waals surface area contributed by atoms with Gasteiger partial charge in [0.25, 0.3) is 10.0 Å². The maximum atomic E-state index is 12.7. The Morgan fingerprint density at radius 2 is 2.00 bits per heavy atom. The summed E-state index contributed by atoms with van der Waals surface area (Å²) in [4.78, 5) is 1.12. The van der Waals surface area contributed by atoms with E-state index in [-0.39, 0.29) is 0 Å². The first kappa shape index (κ1) is 16.9. The third kappa shape index (κ3) is 3.86. The minimum atomic E-state index is -3.29. The van der Waals surface area contributed by atoms with Crippen LogP contribution in [0, 0.1) is 5.41 Å². The lowest BCUT2D eigenvalue weighted by Crippen LogP contribution is -2.41. The van der Waals surface area contributed by atoms with Crippen LogP contribution in [0.5, 0.6) is 0 Å². The molecule has 1 aromatic rings. The molecule has 1 N–H and O–H groups in total. The zero-order chi connectivity index (χ0) is 15.5. The van der Waals surface area contributed by atoms with Crippen molar-refractivity contribution in [1.29, 1.82) is 0 Å². The van der Waals surface area contributed by atoms with Crippen molar-refractivity contribution in [2.75, 3.05) is 26.7 Å². The fraction of sp³-hybridized carbons (Fsp3) is 0.733. The van der Waals surface area contributed by atoms with Gasteiger partial charge in [-0.1, -0.05) is 20.3 Å². The first-order valence-corrected chi connectivity index (χ1v) is 9.90. The van der Waals surface area contributed by atoms with E-state index in [4.69, 9.17) is 0 Å². The van der Waals surface area contributed by atoms with Crippen LogP contribution in [0.25, 0.3) is 0 Å². The molecule has 1 saturated heterocycles. The van der Waals surface area contributed by atoms with Gasteiger partial charge in [0, 0.05) is 18.0 Å². The zero-order valence-electron chi connectivity index (χ0n) is 13.2. The van der Waals surface area contributed by atoms with E-state index in [0.29, 0.717) is 22.7 Å². The molecular weight excluding hydrogens is 304 g/mol. The first-order valence-electron chi connectivity index (χ1n) is 7.65. The van der Waals surface area contributed by atoms with E-state index < -0.39 is 10.0 Å². The molecular formula is C15H26N2O2S2. The molecule has 0 spiro atoms. The molecule has 2 heterocycles. The minimum Gasteiger partial charge on any atom is -0.319 e. The van der Waals surface area contributed by atoms with Gasteiger partial charge < -0.3 is 5.32 Å². The van der Waals surface area contributed by atoms with E-state index in [1.165, 1.54) is 11.3 Å². The van der Waals surface area contributed by atoms with Gasteiger partial charge in [0.15, 0.2) is 0 Å². The van der Waals surface area contributed by atoms with E-state index in [9.17, 15) is 8.42 Å². The Balaban J connectivity index is 2.07. The minimum absolute atomic E-state index is 0.305. The lowest BCUT2D eigenvalue weighted by molar-refractivity contribution is 0.169. The number of likely N-dealkylation sites (N-methyl/N-ethyl adjacent to an activating group) is 1. The SMILES string of the molecule is CCC1(C)CCN(S(=O)(=O)c2ccc(CCNC)s2)CC1. The van der Waals surface area contributed by atoms with Crippen molar-refractivity contribution in [2.45, 2.75) is 43.7 Å². The molecule has 0 amide bonds. The molecule has 0 aromatic carbocycles. The highest BCUT2D eigenvalue weighted by molar-refractivity contribution is 7.91. The van der Waals surface area contributed by atoms with Gasteiger partial charge in [-0.05, 0) is 50.4 Å². The number of thiophene rings is 1. The third-order valence-electron chi connectivity index (χ3n) is 4.64. The molecule has 1 aliphatic heterocycles. The fourth-order valence-electron chi connectivity index (χ4n) is 2.63. The summed E-state index contributed by atoms with van der Waals surface area (Å²) >= 11 is 1.41. The van der Waals surface area contributed by atoms with Gasteiger partial charge >= 0.3 is 0 Å². The molecule has 6 heteroatoms. The molecule has 0 bridgehead atoms. The number of hydrogen-bond donors (Lipinski definition) is 1. The maximum Gasteiger partial charge on any atom is 0.252 e. The summed E-state index contributed by atoms with van der Waals surface area (Å²) in [5, 5.41) is 3.09. The van der Waals surface area contributed by atoms with Gasteiger partial charge in [-0.25, -0.2) is 8.42 Å². The Morgan fingerprint density at radius 1 is 1.33 bits per heavy atom. The quantitative estimate of drug-likeness (QED) is 0.872. The molecule has 0 atom stereocenters. The van der Waals surface area contributed by atoms with Crippen LogP contribution in [0.2, 0.25) is 0 Å². The Morgan fingerprint density at radius 3 is 2.57 bits per heavy atom. The largest absolute Gasteiger partial charge is 0.319 e. The monoisotopic (exact) mass is 330 g/mol. The normalized spacial score (nSPS) is 19.8. The lowest BCUT2D eigenvalue weighted by Gasteiger charge is -2.37. The third-order valence-corrected chi connectivity index (χ3v) is 8.15. The number of nitrogens with zero attached hydrogens (tertiary/aromatic N) is 1. The first-order chi connectivity index (χ1) is 9.91. The Labute approximate surface area is 132 Å². The predicted octanol–water partition coefficient (Wildman–Crippen LogP) is 2.71. The summed E-state index contributed by atoms with van der Waals surface area (Å²) in [6.45, 7) is 6.63. The van der Waals surface area contributed by atoms with Crippen molar-refractivity contribution in [3.63, 3.8) is 0 Å². The molecule has 0 unspecified atom stereocenters. The zero-order valence-corrected chi connectivity index (χ0v) is 14.8. The molecule has 0 radical (unpaired) electrons. The molecule has 120 valence electrons. The van der Waals surface area contributed by atoms with E-state index in [0.717, 1.165) is 37.1 Å². The molecule has 1 aromatic heterocycles. The second-order valence-corrected chi connectivity index (χ2v) is 9.48. The summed E-state index contributed by atoms with van der Waals surface area (Å²) in [5.74, 6) is 0. The molecule has 0 aliphatic carbocycles. The Kier molecular flexibility index (Phi) is 5.46. The highest BCUT2D eigenvalue weighted by Gasteiger charge is 2.34. The average Bonchev–Trinajstić information content (AvgIpc) is 2.95. The van der Waals surface area contributed by atoms with Crippen LogP contribution in [0.3, 0.4) is 0 Å². The topological polar surface area (TPSA) is 49.4 Å². The average molecular weight is 331 g/mol. The van der Waals surface area contributed by atoms with Gasteiger partial charge in [-0.2, -0.15) is 4.31 Å². The van der Waals surface area contributed by atoms with E-state index in [1.54, 1.807) is 10.4 Å². The molecule has 1 fully saturated rings. The number of sulfonamides is 1. The van der Waals surface area contributed by atoms with Crippen molar-refractivity contribution in [3.05, 3.63) is 17.0 Å². The van der Waals surface area contributed by atoms with Crippen LogP contribution in [-0.2, 0) is 16.4 Å². The fourth-order valence-corrected chi connectivity index (χ4v) is 5.58. The van der Waals surface area contributed by atoms with Crippen LogP contribution in [0.1, 0.15) is 38.0 Å². The Bertz CT molecular complexity index is 558. The molecule has 1 aliphatic rings. The standard InChI is InChI=1S/C15H26N2O2S2/c1-4-15(2)8-11-17(12-9-15)21(18,19)14-6-5-13(20-14)7-10-16-3/h5-6,16H,4,7-12H2,1-3H3. The summed E-state index contributed by atoms with van der Waals surface area (Å²) < 4.78 is 27.5. The maximum absolute atomic E-state index is 12.7. The van der Waals surface area contributed by atoms with Crippen LogP contribution < -0.4 is 5.32 Å². The molecule has 21 heavy (non-hydrogen) atoms. The van der Waals surface area contributed by atoms with Crippen LogP contribution in [-0.4, -0.2) is 39.4 Å². The van der Waals surface area contributed by atoms with Crippen molar-refractivity contribution in [3.8, 4) is 0 Å². The number of hydrogen-bond acceptors (Lipinski definition) is 4. The number of rotatable bonds is 6. The molecule has 0 saturated carbocycles. The lowest BCUT2D eigenvalue weighted by atomic mass is 9.79. The van der Waals surface area contributed by atoms with Crippen molar-refractivity contribution >= 4 is 21.4 Å². The highest BCUT2D eigenvalue weighted by atomic mass is 32.2. The smallest absolute Gasteiger partial charge is 0.252 e. The van der Waals surface area contributed by atoms with E-state index >= 15 is 0 Å². The molecule has 2 rings (SSSR count). The molecule has 4 nitrogen and oxygen atoms in total. The van der Waals surface area contributed by atoms with Crippen LogP contribution >= 0.6 is 11.3 Å². The second-order valence-electron chi connectivity index (χ2n) is 6.14. The number of nitrogens with one attached hydrogen (secondary N) is 1. The van der Waals surface area contributed by atoms with Crippen molar-refractivity contribution < 1.29 is 8.42 Å². The predicted molar refractivity (Wildman–Crippen MR) is 88.3 cm³/mol. The van der Waals surface area contributed by atoms with Gasteiger partial charge in [0.1, 0.15) is 4.21 Å². The second kappa shape index (κ2) is 6.77. The van der Waals surface area contributed by atoms with Crippen LogP contribution in [0.4, 0.5) is 0 Å². The van der Waals surface area contributed by atoms with E-state index in [2.05, 4.69) is 19.2 Å². The van der Waals surface area contributed by atoms with Crippen molar-refractivity contribution in [1.82, 2.24) is 9.62 Å². The summed E-state index contributed by atoms with van der Waals surface area (Å²) in [5.41, 5.74) is 0.305. The van der Waals surface area contributed by atoms with Gasteiger partial charge in [0.05, 0.1) is 0 Å². The number of piperidine rings is 1. The highest BCUT2D eigenvalue weighted by Crippen LogP contribution is 2.36. The van der Waals surface area contributed by atoms with E-state index in [1.807, 2.05) is 13.1 Å². The van der Waals surface area contributed by atoms with Gasteiger partial charge in [0.2, 0.25) is 0 Å². The summed E-state index contributed by atoms with van der Waals surface area (Å²) in [6, 6.07) is 3.70. The van der Waals surface area contributed by atoms with Gasteiger partial charge in [-0.15, -0.1) is 11.3 Å².